The molecule has 7 heteroatoms. The van der Waals surface area contributed by atoms with Crippen LogP contribution in [0.5, 0.6) is 0 Å². The molecule has 5 nitrogen and oxygen atoms in total. The standard InChI is InChI=1S/C16H18ClN3O2S/c1-12-5-4-6-14(16(12)17)23(21,22)19-13-8-10-20(11-13)15-7-2-3-9-18-15/h2-7,9,13,19H,8,10-11H2,1H3. The van der Waals surface area contributed by atoms with Crippen LogP contribution in [0, 0.1) is 6.92 Å². The van der Waals surface area contributed by atoms with Gasteiger partial charge in [-0.1, -0.05) is 29.8 Å². The zero-order valence-corrected chi connectivity index (χ0v) is 14.3. The number of rotatable bonds is 4. The predicted octanol–water partition coefficient (Wildman–Crippen LogP) is 2.60. The smallest absolute Gasteiger partial charge is 0.242 e. The van der Waals surface area contributed by atoms with Crippen LogP contribution in [-0.4, -0.2) is 32.5 Å². The number of aryl methyl sites for hydroxylation is 1. The van der Waals surface area contributed by atoms with Gasteiger partial charge < -0.3 is 4.90 Å². The van der Waals surface area contributed by atoms with Crippen LogP contribution in [0.25, 0.3) is 0 Å². The zero-order valence-electron chi connectivity index (χ0n) is 12.7. The maximum absolute atomic E-state index is 12.6. The first-order chi connectivity index (χ1) is 11.0. The Balaban J connectivity index is 1.74. The van der Waals surface area contributed by atoms with Gasteiger partial charge >= 0.3 is 0 Å². The lowest BCUT2D eigenvalue weighted by Gasteiger charge is -2.18. The molecule has 1 unspecified atom stereocenters. The van der Waals surface area contributed by atoms with Crippen molar-refractivity contribution in [3.05, 3.63) is 53.2 Å². The molecule has 1 fully saturated rings. The Morgan fingerprint density at radius 3 is 2.83 bits per heavy atom. The lowest BCUT2D eigenvalue weighted by molar-refractivity contribution is 0.561. The SMILES string of the molecule is Cc1cccc(S(=O)(=O)NC2CCN(c3ccccn3)C2)c1Cl. The van der Waals surface area contributed by atoms with E-state index in [-0.39, 0.29) is 16.0 Å². The summed E-state index contributed by atoms with van der Waals surface area (Å²) in [6.07, 6.45) is 2.47. The number of pyridine rings is 1. The van der Waals surface area contributed by atoms with Crippen LogP contribution in [0.3, 0.4) is 0 Å². The summed E-state index contributed by atoms with van der Waals surface area (Å²) in [4.78, 5) is 6.51. The molecule has 3 rings (SSSR count). The number of nitrogens with zero attached hydrogens (tertiary/aromatic N) is 2. The highest BCUT2D eigenvalue weighted by Gasteiger charge is 2.29. The maximum atomic E-state index is 12.6. The third-order valence-corrected chi connectivity index (χ3v) is 6.11. The molecule has 2 aromatic rings. The summed E-state index contributed by atoms with van der Waals surface area (Å²) in [5.74, 6) is 0.864. The largest absolute Gasteiger partial charge is 0.355 e. The number of hydrogen-bond acceptors (Lipinski definition) is 4. The Morgan fingerprint density at radius 2 is 2.09 bits per heavy atom. The topological polar surface area (TPSA) is 62.3 Å². The van der Waals surface area contributed by atoms with Gasteiger partial charge in [0.25, 0.3) is 0 Å². The molecule has 0 bridgehead atoms. The first-order valence-corrected chi connectivity index (χ1v) is 9.27. The van der Waals surface area contributed by atoms with E-state index >= 15 is 0 Å². The fraction of sp³-hybridized carbons (Fsp3) is 0.312. The van der Waals surface area contributed by atoms with Crippen molar-refractivity contribution < 1.29 is 8.42 Å². The summed E-state index contributed by atoms with van der Waals surface area (Å²) in [7, 11) is -3.63. The Hall–Kier alpha value is -1.63. The van der Waals surface area contributed by atoms with Crippen LogP contribution in [0.4, 0.5) is 5.82 Å². The molecule has 0 saturated carbocycles. The third kappa shape index (κ3) is 3.49. The summed E-state index contributed by atoms with van der Waals surface area (Å²) in [6.45, 7) is 3.16. The van der Waals surface area contributed by atoms with Crippen molar-refractivity contribution in [3.63, 3.8) is 0 Å². The molecule has 1 aromatic heterocycles. The molecule has 1 aliphatic rings. The van der Waals surface area contributed by atoms with E-state index in [1.807, 2.05) is 18.2 Å². The first-order valence-electron chi connectivity index (χ1n) is 7.41. The van der Waals surface area contributed by atoms with Crippen molar-refractivity contribution >= 4 is 27.4 Å². The van der Waals surface area contributed by atoms with Crippen LogP contribution < -0.4 is 9.62 Å². The number of benzene rings is 1. The zero-order chi connectivity index (χ0) is 16.4. The van der Waals surface area contributed by atoms with Crippen LogP contribution >= 0.6 is 11.6 Å². The van der Waals surface area contributed by atoms with Gasteiger partial charge in [0.2, 0.25) is 10.0 Å². The fourth-order valence-corrected chi connectivity index (χ4v) is 4.56. The van der Waals surface area contributed by atoms with Gasteiger partial charge in [-0.25, -0.2) is 18.1 Å². The molecule has 0 radical (unpaired) electrons. The van der Waals surface area contributed by atoms with E-state index in [1.165, 1.54) is 6.07 Å². The molecule has 1 N–H and O–H groups in total. The van der Waals surface area contributed by atoms with Crippen LogP contribution in [0.1, 0.15) is 12.0 Å². The lowest BCUT2D eigenvalue weighted by atomic mass is 10.2. The minimum Gasteiger partial charge on any atom is -0.355 e. The van der Waals surface area contributed by atoms with Gasteiger partial charge in [0.15, 0.2) is 0 Å². The predicted molar refractivity (Wildman–Crippen MR) is 91.4 cm³/mol. The molecule has 1 aliphatic heterocycles. The van der Waals surface area contributed by atoms with E-state index < -0.39 is 10.0 Å². The fourth-order valence-electron chi connectivity index (χ4n) is 2.72. The summed E-state index contributed by atoms with van der Waals surface area (Å²) < 4.78 is 27.9. The van der Waals surface area contributed by atoms with E-state index in [1.54, 1.807) is 25.3 Å². The Kier molecular flexibility index (Phi) is 4.57. The second kappa shape index (κ2) is 6.47. The molecule has 0 spiro atoms. The Morgan fingerprint density at radius 1 is 1.26 bits per heavy atom. The Bertz CT molecular complexity index is 796. The van der Waals surface area contributed by atoms with Crippen molar-refractivity contribution in [1.29, 1.82) is 0 Å². The number of nitrogens with one attached hydrogen (secondary N) is 1. The van der Waals surface area contributed by atoms with Gasteiger partial charge in [0.05, 0.1) is 5.02 Å². The van der Waals surface area contributed by atoms with E-state index in [0.29, 0.717) is 6.54 Å². The summed E-state index contributed by atoms with van der Waals surface area (Å²) in [5.41, 5.74) is 0.746. The normalized spacial score (nSPS) is 18.3. The van der Waals surface area contributed by atoms with Gasteiger partial charge in [-0.3, -0.25) is 0 Å². The second-order valence-electron chi connectivity index (χ2n) is 5.63. The van der Waals surface area contributed by atoms with Crippen LogP contribution in [0.15, 0.2) is 47.5 Å². The molecular weight excluding hydrogens is 334 g/mol. The van der Waals surface area contributed by atoms with E-state index in [4.69, 9.17) is 11.6 Å². The summed E-state index contributed by atoms with van der Waals surface area (Å²) >= 11 is 6.15. The number of sulfonamides is 1. The highest BCUT2D eigenvalue weighted by atomic mass is 35.5. The average molecular weight is 352 g/mol. The molecule has 122 valence electrons. The average Bonchev–Trinajstić information content (AvgIpc) is 2.98. The van der Waals surface area contributed by atoms with Crippen molar-refractivity contribution in [1.82, 2.24) is 9.71 Å². The molecule has 1 saturated heterocycles. The molecule has 1 atom stereocenters. The van der Waals surface area contributed by atoms with Crippen LogP contribution in [-0.2, 0) is 10.0 Å². The molecule has 23 heavy (non-hydrogen) atoms. The van der Waals surface area contributed by atoms with Gasteiger partial charge in [-0.2, -0.15) is 0 Å². The molecule has 1 aromatic carbocycles. The minimum atomic E-state index is -3.63. The van der Waals surface area contributed by atoms with E-state index in [9.17, 15) is 8.42 Å². The quantitative estimate of drug-likeness (QED) is 0.919. The van der Waals surface area contributed by atoms with Crippen molar-refractivity contribution in [3.8, 4) is 0 Å². The monoisotopic (exact) mass is 351 g/mol. The number of aromatic nitrogens is 1. The molecule has 2 heterocycles. The maximum Gasteiger partial charge on any atom is 0.242 e. The lowest BCUT2D eigenvalue weighted by Crippen LogP contribution is -2.37. The Labute approximate surface area is 141 Å². The van der Waals surface area contributed by atoms with Crippen molar-refractivity contribution in [2.75, 3.05) is 18.0 Å². The van der Waals surface area contributed by atoms with E-state index in [2.05, 4.69) is 14.6 Å². The number of halogens is 1. The van der Waals surface area contributed by atoms with Gasteiger partial charge in [0, 0.05) is 25.3 Å². The highest BCUT2D eigenvalue weighted by molar-refractivity contribution is 7.89. The highest BCUT2D eigenvalue weighted by Crippen LogP contribution is 2.26. The van der Waals surface area contributed by atoms with Crippen molar-refractivity contribution in [2.45, 2.75) is 24.3 Å². The van der Waals surface area contributed by atoms with Crippen LogP contribution in [0.2, 0.25) is 5.02 Å². The van der Waals surface area contributed by atoms with Gasteiger partial charge in [0.1, 0.15) is 10.7 Å². The van der Waals surface area contributed by atoms with Gasteiger partial charge in [-0.15, -0.1) is 0 Å². The number of hydrogen-bond donors (Lipinski definition) is 1. The molecule has 0 aliphatic carbocycles. The summed E-state index contributed by atoms with van der Waals surface area (Å²) in [6, 6.07) is 10.6. The number of anilines is 1. The second-order valence-corrected chi connectivity index (χ2v) is 7.69. The first kappa shape index (κ1) is 16.2. The minimum absolute atomic E-state index is 0.135. The molecule has 0 amide bonds. The molecular formula is C16H18ClN3O2S. The van der Waals surface area contributed by atoms with Gasteiger partial charge in [-0.05, 0) is 37.1 Å². The third-order valence-electron chi connectivity index (χ3n) is 3.93. The summed E-state index contributed by atoms with van der Waals surface area (Å²) in [5, 5.41) is 0.277. The van der Waals surface area contributed by atoms with E-state index in [0.717, 1.165) is 24.3 Å². The van der Waals surface area contributed by atoms with Crippen molar-refractivity contribution in [2.24, 2.45) is 0 Å².